The van der Waals surface area contributed by atoms with Gasteiger partial charge >= 0.3 is 5.97 Å². The molecule has 8 heteroatoms. The summed E-state index contributed by atoms with van der Waals surface area (Å²) < 4.78 is 0. The van der Waals surface area contributed by atoms with Crippen molar-refractivity contribution >= 4 is 29.1 Å². The van der Waals surface area contributed by atoms with Crippen molar-refractivity contribution in [2.24, 2.45) is 5.92 Å². The zero-order chi connectivity index (χ0) is 16.3. The molecule has 7 nitrogen and oxygen atoms in total. The van der Waals surface area contributed by atoms with Crippen LogP contribution in [0.1, 0.15) is 28.2 Å². The Bertz CT molecular complexity index is 578. The number of likely N-dealkylation sites (tertiary alicyclic amines) is 1. The van der Waals surface area contributed by atoms with Crippen LogP contribution < -0.4 is 0 Å². The van der Waals surface area contributed by atoms with Crippen molar-refractivity contribution in [3.63, 3.8) is 0 Å². The van der Waals surface area contributed by atoms with E-state index in [2.05, 4.69) is 4.98 Å². The summed E-state index contributed by atoms with van der Waals surface area (Å²) in [5.41, 5.74) is 2.27. The maximum atomic E-state index is 12.2. The third-order valence-electron chi connectivity index (χ3n) is 3.86. The van der Waals surface area contributed by atoms with Crippen LogP contribution >= 0.6 is 11.3 Å². The second-order valence-corrected chi connectivity index (χ2v) is 6.28. The molecule has 0 spiro atoms. The van der Waals surface area contributed by atoms with Gasteiger partial charge in [-0.3, -0.25) is 14.4 Å². The molecule has 1 aromatic rings. The average Bonchev–Trinajstić information content (AvgIpc) is 2.92. The maximum Gasteiger partial charge on any atom is 0.306 e. The van der Waals surface area contributed by atoms with Gasteiger partial charge in [0.1, 0.15) is 4.88 Å². The van der Waals surface area contributed by atoms with Crippen molar-refractivity contribution in [2.45, 2.75) is 19.8 Å². The Hall–Kier alpha value is -1.96. The molecule has 0 aromatic carbocycles. The highest BCUT2D eigenvalue weighted by molar-refractivity contribution is 7.11. The summed E-state index contributed by atoms with van der Waals surface area (Å²) in [6.45, 7) is 2.61. The fourth-order valence-electron chi connectivity index (χ4n) is 2.43. The molecule has 22 heavy (non-hydrogen) atoms. The second-order valence-electron chi connectivity index (χ2n) is 5.42. The molecule has 1 aliphatic rings. The lowest BCUT2D eigenvalue weighted by Crippen LogP contribution is -2.45. The van der Waals surface area contributed by atoms with Gasteiger partial charge in [-0.2, -0.15) is 0 Å². The van der Waals surface area contributed by atoms with Crippen molar-refractivity contribution in [3.8, 4) is 0 Å². The molecule has 0 bridgehead atoms. The first-order valence-electron chi connectivity index (χ1n) is 7.06. The lowest BCUT2D eigenvalue weighted by molar-refractivity contribution is -0.145. The predicted molar refractivity (Wildman–Crippen MR) is 80.8 cm³/mol. The first-order valence-corrected chi connectivity index (χ1v) is 7.94. The van der Waals surface area contributed by atoms with Crippen LogP contribution in [0.4, 0.5) is 0 Å². The summed E-state index contributed by atoms with van der Waals surface area (Å²) in [6, 6.07) is 0. The summed E-state index contributed by atoms with van der Waals surface area (Å²) in [4.78, 5) is 42.9. The number of piperidine rings is 1. The fourth-order valence-corrected chi connectivity index (χ4v) is 3.23. The molecule has 0 unspecified atom stereocenters. The van der Waals surface area contributed by atoms with Crippen LogP contribution in [0.3, 0.4) is 0 Å². The Balaban J connectivity index is 1.88. The lowest BCUT2D eigenvalue weighted by Gasteiger charge is -2.31. The molecule has 1 saturated heterocycles. The van der Waals surface area contributed by atoms with Crippen LogP contribution in [0, 0.1) is 12.8 Å². The van der Waals surface area contributed by atoms with Crippen molar-refractivity contribution in [2.75, 3.05) is 26.7 Å². The van der Waals surface area contributed by atoms with E-state index in [1.807, 2.05) is 0 Å². The summed E-state index contributed by atoms with van der Waals surface area (Å²) >= 11 is 1.26. The van der Waals surface area contributed by atoms with Gasteiger partial charge in [0.2, 0.25) is 5.91 Å². The molecule has 0 atom stereocenters. The highest BCUT2D eigenvalue weighted by Crippen LogP contribution is 2.18. The minimum atomic E-state index is -0.805. The molecule has 120 valence electrons. The third kappa shape index (κ3) is 3.62. The van der Waals surface area contributed by atoms with E-state index in [9.17, 15) is 14.4 Å². The normalized spacial score (nSPS) is 15.6. The van der Waals surface area contributed by atoms with Crippen LogP contribution in [0.15, 0.2) is 5.51 Å². The Morgan fingerprint density at radius 2 is 2.05 bits per heavy atom. The lowest BCUT2D eigenvalue weighted by atomic mass is 9.97. The van der Waals surface area contributed by atoms with Gasteiger partial charge in [0, 0.05) is 20.1 Å². The van der Waals surface area contributed by atoms with Crippen molar-refractivity contribution in [1.29, 1.82) is 0 Å². The molecule has 0 radical (unpaired) electrons. The highest BCUT2D eigenvalue weighted by atomic mass is 32.1. The largest absolute Gasteiger partial charge is 0.481 e. The van der Waals surface area contributed by atoms with E-state index in [1.54, 1.807) is 24.4 Å². The number of carbonyl (C=O) groups is 3. The molecule has 0 saturated carbocycles. The standard InChI is InChI=1S/C14H19N3O4S/c1-9-12(22-8-15-9)13(19)16(2)7-11(18)17-5-3-10(4-6-17)14(20)21/h8,10H,3-7H2,1-2H3,(H,20,21). The van der Waals surface area contributed by atoms with Gasteiger partial charge in [-0.25, -0.2) is 4.98 Å². The summed E-state index contributed by atoms with van der Waals surface area (Å²) in [5, 5.41) is 8.95. The van der Waals surface area contributed by atoms with Gasteiger partial charge in [-0.15, -0.1) is 11.3 Å². The van der Waals surface area contributed by atoms with E-state index in [1.165, 1.54) is 16.2 Å². The number of carboxylic acids is 1. The molecule has 2 amide bonds. The van der Waals surface area contributed by atoms with Crippen LogP contribution in [-0.2, 0) is 9.59 Å². The molecule has 1 aliphatic heterocycles. The number of likely N-dealkylation sites (N-methyl/N-ethyl adjacent to an activating group) is 1. The second kappa shape index (κ2) is 6.87. The van der Waals surface area contributed by atoms with Crippen LogP contribution in [0.5, 0.6) is 0 Å². The van der Waals surface area contributed by atoms with E-state index in [-0.39, 0.29) is 24.3 Å². The zero-order valence-electron chi connectivity index (χ0n) is 12.6. The van der Waals surface area contributed by atoms with E-state index < -0.39 is 5.97 Å². The number of rotatable bonds is 4. The Morgan fingerprint density at radius 1 is 1.41 bits per heavy atom. The van der Waals surface area contributed by atoms with Crippen LogP contribution in [0.25, 0.3) is 0 Å². The number of hydrogen-bond acceptors (Lipinski definition) is 5. The number of amides is 2. The number of aryl methyl sites for hydroxylation is 1. The summed E-state index contributed by atoms with van der Waals surface area (Å²) in [7, 11) is 1.59. The Kier molecular flexibility index (Phi) is 5.12. The van der Waals surface area contributed by atoms with Gasteiger partial charge in [0.15, 0.2) is 0 Å². The van der Waals surface area contributed by atoms with Crippen molar-refractivity contribution in [3.05, 3.63) is 16.1 Å². The van der Waals surface area contributed by atoms with E-state index in [0.717, 1.165) is 0 Å². The number of carbonyl (C=O) groups excluding carboxylic acids is 2. The molecule has 2 heterocycles. The average molecular weight is 325 g/mol. The van der Waals surface area contributed by atoms with Gasteiger partial charge in [0.25, 0.3) is 5.91 Å². The first-order chi connectivity index (χ1) is 10.4. The number of aromatic nitrogens is 1. The van der Waals surface area contributed by atoms with E-state index >= 15 is 0 Å². The molecule has 1 fully saturated rings. The van der Waals surface area contributed by atoms with Crippen molar-refractivity contribution in [1.82, 2.24) is 14.8 Å². The van der Waals surface area contributed by atoms with Gasteiger partial charge < -0.3 is 14.9 Å². The number of carboxylic acid groups (broad SMARTS) is 1. The quantitative estimate of drug-likeness (QED) is 0.886. The molecular formula is C14H19N3O4S. The van der Waals surface area contributed by atoms with E-state index in [4.69, 9.17) is 5.11 Å². The topological polar surface area (TPSA) is 90.8 Å². The zero-order valence-corrected chi connectivity index (χ0v) is 13.4. The molecule has 2 rings (SSSR count). The minimum absolute atomic E-state index is 0.00604. The third-order valence-corrected chi connectivity index (χ3v) is 4.77. The first kappa shape index (κ1) is 16.4. The van der Waals surface area contributed by atoms with Gasteiger partial charge in [-0.05, 0) is 19.8 Å². The van der Waals surface area contributed by atoms with E-state index in [0.29, 0.717) is 36.5 Å². The SMILES string of the molecule is Cc1ncsc1C(=O)N(C)CC(=O)N1CCC(C(=O)O)CC1. The number of nitrogens with zero attached hydrogens (tertiary/aromatic N) is 3. The minimum Gasteiger partial charge on any atom is -0.481 e. The predicted octanol–water partition coefficient (Wildman–Crippen LogP) is 0.847. The Morgan fingerprint density at radius 3 is 2.55 bits per heavy atom. The number of aliphatic carboxylic acids is 1. The highest BCUT2D eigenvalue weighted by Gasteiger charge is 2.28. The van der Waals surface area contributed by atoms with Crippen molar-refractivity contribution < 1.29 is 19.5 Å². The Labute approximate surface area is 132 Å². The van der Waals surface area contributed by atoms with Crippen LogP contribution in [-0.4, -0.2) is 64.4 Å². The van der Waals surface area contributed by atoms with Crippen LogP contribution in [0.2, 0.25) is 0 Å². The molecular weight excluding hydrogens is 306 g/mol. The number of thiazole rings is 1. The molecule has 1 aromatic heterocycles. The smallest absolute Gasteiger partial charge is 0.306 e. The molecule has 1 N–H and O–H groups in total. The van der Waals surface area contributed by atoms with Gasteiger partial charge in [-0.1, -0.05) is 0 Å². The molecule has 0 aliphatic carbocycles. The summed E-state index contributed by atoms with van der Waals surface area (Å²) in [5.74, 6) is -1.54. The number of hydrogen-bond donors (Lipinski definition) is 1. The monoisotopic (exact) mass is 325 g/mol. The fraction of sp³-hybridized carbons (Fsp3) is 0.571. The van der Waals surface area contributed by atoms with Gasteiger partial charge in [0.05, 0.1) is 23.7 Å². The maximum absolute atomic E-state index is 12.2. The summed E-state index contributed by atoms with van der Waals surface area (Å²) in [6.07, 6.45) is 0.930.